The lowest BCUT2D eigenvalue weighted by atomic mass is 9.94. The molecule has 0 aliphatic carbocycles. The van der Waals surface area contributed by atoms with Crippen LogP contribution in [0.15, 0.2) is 88.5 Å². The van der Waals surface area contributed by atoms with E-state index in [1.54, 1.807) is 55.6 Å². The van der Waals surface area contributed by atoms with Crippen LogP contribution in [-0.2, 0) is 4.79 Å². The summed E-state index contributed by atoms with van der Waals surface area (Å²) in [5.41, 5.74) is 2.60. The molecule has 1 aliphatic heterocycles. The maximum atomic E-state index is 13.7. The van der Waals surface area contributed by atoms with Gasteiger partial charge >= 0.3 is 0 Å². The Labute approximate surface area is 200 Å². The number of hydrogen-bond acceptors (Lipinski definition) is 5. The van der Waals surface area contributed by atoms with Crippen molar-refractivity contribution in [3.63, 3.8) is 0 Å². The number of aliphatic hydroxyl groups excluding tert-OH is 1. The first-order valence-corrected chi connectivity index (χ1v) is 11.0. The number of fused-ring (bicyclic) bond motifs is 1. The highest BCUT2D eigenvalue weighted by Crippen LogP contribution is 2.43. The molecular weight excluding hydrogens is 454 g/mol. The van der Waals surface area contributed by atoms with E-state index in [0.717, 1.165) is 5.56 Å². The van der Waals surface area contributed by atoms with Crippen molar-refractivity contribution in [2.75, 3.05) is 12.0 Å². The molecule has 1 aliphatic rings. The van der Waals surface area contributed by atoms with Gasteiger partial charge in [0.05, 0.1) is 18.7 Å². The third-order valence-corrected chi connectivity index (χ3v) is 6.10. The van der Waals surface area contributed by atoms with E-state index in [9.17, 15) is 14.7 Å². The summed E-state index contributed by atoms with van der Waals surface area (Å²) in [5.74, 6) is -1.21. The van der Waals surface area contributed by atoms with E-state index in [4.69, 9.17) is 20.8 Å². The summed E-state index contributed by atoms with van der Waals surface area (Å²) in [7, 11) is 1.55. The first kappa shape index (κ1) is 21.8. The second-order valence-corrected chi connectivity index (χ2v) is 8.51. The van der Waals surface area contributed by atoms with Crippen molar-refractivity contribution < 1.29 is 23.8 Å². The second kappa shape index (κ2) is 8.39. The molecule has 4 aromatic rings. The molecule has 1 atom stereocenters. The molecule has 1 unspecified atom stereocenters. The lowest BCUT2D eigenvalue weighted by molar-refractivity contribution is -0.117. The maximum absolute atomic E-state index is 13.7. The van der Waals surface area contributed by atoms with Crippen LogP contribution in [-0.4, -0.2) is 23.9 Å². The summed E-state index contributed by atoms with van der Waals surface area (Å²) in [6.45, 7) is 1.92. The highest BCUT2D eigenvalue weighted by molar-refractivity contribution is 6.31. The van der Waals surface area contributed by atoms with Gasteiger partial charge in [0.2, 0.25) is 5.78 Å². The molecule has 0 spiro atoms. The standard InChI is InChI=1S/C27H20ClNO5/c1-15-4-3-5-16(12-15)24-23(25(30)22-14-17-13-18(28)6-11-21(17)34-22)26(31)27(32)29(24)19-7-9-20(33-2)10-8-19/h3-14,24,31H,1-2H3. The number of Topliss-reactive ketones (excluding diaryl/α,β-unsaturated/α-hetero) is 1. The minimum atomic E-state index is -0.843. The molecule has 1 aromatic heterocycles. The zero-order valence-corrected chi connectivity index (χ0v) is 19.2. The Balaban J connectivity index is 1.65. The molecule has 2 heterocycles. The number of aryl methyl sites for hydroxylation is 1. The monoisotopic (exact) mass is 473 g/mol. The maximum Gasteiger partial charge on any atom is 0.294 e. The molecule has 0 saturated carbocycles. The number of aliphatic hydroxyl groups is 1. The number of nitrogens with zero attached hydrogens (tertiary/aromatic N) is 1. The fourth-order valence-corrected chi connectivity index (χ4v) is 4.44. The van der Waals surface area contributed by atoms with Crippen LogP contribution in [0.1, 0.15) is 27.7 Å². The number of hydrogen-bond donors (Lipinski definition) is 1. The van der Waals surface area contributed by atoms with Gasteiger partial charge in [-0.15, -0.1) is 0 Å². The van der Waals surface area contributed by atoms with Gasteiger partial charge in [0, 0.05) is 16.1 Å². The van der Waals surface area contributed by atoms with Crippen LogP contribution in [0, 0.1) is 6.92 Å². The molecule has 7 heteroatoms. The Morgan fingerprint density at radius 1 is 1.06 bits per heavy atom. The van der Waals surface area contributed by atoms with E-state index in [1.165, 1.54) is 4.90 Å². The number of carbonyl (C=O) groups is 2. The molecule has 3 aromatic carbocycles. The first-order valence-electron chi connectivity index (χ1n) is 10.6. The van der Waals surface area contributed by atoms with Gasteiger partial charge in [-0.1, -0.05) is 41.4 Å². The normalized spacial score (nSPS) is 15.9. The van der Waals surface area contributed by atoms with E-state index in [0.29, 0.717) is 33.0 Å². The smallest absolute Gasteiger partial charge is 0.294 e. The number of methoxy groups -OCH3 is 1. The lowest BCUT2D eigenvalue weighted by Gasteiger charge is -2.27. The summed E-state index contributed by atoms with van der Waals surface area (Å²) in [4.78, 5) is 28.4. The lowest BCUT2D eigenvalue weighted by Crippen LogP contribution is -2.31. The third kappa shape index (κ3) is 3.62. The summed E-state index contributed by atoms with van der Waals surface area (Å²) in [6.07, 6.45) is 0. The molecule has 34 heavy (non-hydrogen) atoms. The van der Waals surface area contributed by atoms with Gasteiger partial charge in [-0.3, -0.25) is 14.5 Å². The summed E-state index contributed by atoms with van der Waals surface area (Å²) in [5, 5.41) is 12.1. The van der Waals surface area contributed by atoms with Gasteiger partial charge in [-0.05, 0) is 61.0 Å². The molecule has 6 nitrogen and oxygen atoms in total. The number of carbonyl (C=O) groups excluding carboxylic acids is 2. The van der Waals surface area contributed by atoms with Crippen LogP contribution in [0.25, 0.3) is 11.0 Å². The van der Waals surface area contributed by atoms with E-state index < -0.39 is 23.5 Å². The Morgan fingerprint density at radius 3 is 2.53 bits per heavy atom. The summed E-state index contributed by atoms with van der Waals surface area (Å²) >= 11 is 6.07. The SMILES string of the molecule is COc1ccc(N2C(=O)C(O)=C(C(=O)c3cc4cc(Cl)ccc4o3)C2c2cccc(C)c2)cc1. The van der Waals surface area contributed by atoms with Crippen molar-refractivity contribution in [1.82, 2.24) is 0 Å². The molecule has 1 N–H and O–H groups in total. The molecule has 1 amide bonds. The van der Waals surface area contributed by atoms with Gasteiger partial charge in [-0.2, -0.15) is 0 Å². The van der Waals surface area contributed by atoms with Crippen molar-refractivity contribution in [2.24, 2.45) is 0 Å². The van der Waals surface area contributed by atoms with E-state index in [2.05, 4.69) is 0 Å². The number of ether oxygens (including phenoxy) is 1. The summed E-state index contributed by atoms with van der Waals surface area (Å²) < 4.78 is 11.0. The zero-order valence-electron chi connectivity index (χ0n) is 18.4. The fourth-order valence-electron chi connectivity index (χ4n) is 4.26. The number of rotatable bonds is 5. The van der Waals surface area contributed by atoms with Gasteiger partial charge in [0.1, 0.15) is 11.3 Å². The molecule has 0 fully saturated rings. The molecular formula is C27H20ClNO5. The van der Waals surface area contributed by atoms with Gasteiger partial charge in [0.15, 0.2) is 11.5 Å². The highest BCUT2D eigenvalue weighted by atomic mass is 35.5. The van der Waals surface area contributed by atoms with E-state index in [1.807, 2.05) is 31.2 Å². The molecule has 170 valence electrons. The summed E-state index contributed by atoms with van der Waals surface area (Å²) in [6, 6.07) is 20.1. The Morgan fingerprint density at radius 2 is 1.82 bits per heavy atom. The van der Waals surface area contributed by atoms with Crippen LogP contribution < -0.4 is 9.64 Å². The molecule has 5 rings (SSSR count). The van der Waals surface area contributed by atoms with Crippen LogP contribution in [0.2, 0.25) is 5.02 Å². The number of furan rings is 1. The number of anilines is 1. The van der Waals surface area contributed by atoms with Crippen molar-refractivity contribution >= 4 is 39.9 Å². The fraction of sp³-hybridized carbons (Fsp3) is 0.111. The third-order valence-electron chi connectivity index (χ3n) is 5.86. The van der Waals surface area contributed by atoms with Crippen LogP contribution in [0.4, 0.5) is 5.69 Å². The minimum Gasteiger partial charge on any atom is -0.503 e. The molecule has 0 bridgehead atoms. The van der Waals surface area contributed by atoms with E-state index >= 15 is 0 Å². The molecule has 0 radical (unpaired) electrons. The first-order chi connectivity index (χ1) is 16.4. The molecule has 0 saturated heterocycles. The Bertz CT molecular complexity index is 1470. The minimum absolute atomic E-state index is 0.0147. The number of ketones is 1. The van der Waals surface area contributed by atoms with Crippen LogP contribution >= 0.6 is 11.6 Å². The van der Waals surface area contributed by atoms with E-state index in [-0.39, 0.29) is 11.3 Å². The van der Waals surface area contributed by atoms with Crippen LogP contribution in [0.3, 0.4) is 0 Å². The van der Waals surface area contributed by atoms with Crippen molar-refractivity contribution in [3.05, 3.63) is 106 Å². The number of amides is 1. The number of halogens is 1. The highest BCUT2D eigenvalue weighted by Gasteiger charge is 2.45. The average Bonchev–Trinajstić information content (AvgIpc) is 3.37. The Hall–Kier alpha value is -4.03. The predicted molar refractivity (Wildman–Crippen MR) is 130 cm³/mol. The van der Waals surface area contributed by atoms with Crippen molar-refractivity contribution in [2.45, 2.75) is 13.0 Å². The topological polar surface area (TPSA) is 80.0 Å². The number of benzene rings is 3. The van der Waals surface area contributed by atoms with Gasteiger partial charge < -0.3 is 14.3 Å². The van der Waals surface area contributed by atoms with Gasteiger partial charge in [0.25, 0.3) is 5.91 Å². The quantitative estimate of drug-likeness (QED) is 0.350. The predicted octanol–water partition coefficient (Wildman–Crippen LogP) is 6.19. The average molecular weight is 474 g/mol. The Kier molecular flexibility index (Phi) is 5.38. The van der Waals surface area contributed by atoms with Crippen LogP contribution in [0.5, 0.6) is 5.75 Å². The van der Waals surface area contributed by atoms with Crippen molar-refractivity contribution in [1.29, 1.82) is 0 Å². The largest absolute Gasteiger partial charge is 0.503 e. The second-order valence-electron chi connectivity index (χ2n) is 8.07. The van der Waals surface area contributed by atoms with Gasteiger partial charge in [-0.25, -0.2) is 0 Å². The zero-order chi connectivity index (χ0) is 24.0. The van der Waals surface area contributed by atoms with Crippen molar-refractivity contribution in [3.8, 4) is 5.75 Å².